The topological polar surface area (TPSA) is 75.6 Å². The minimum Gasteiger partial charge on any atom is -0.484 e. The molecule has 2 aliphatic heterocycles. The van der Waals surface area contributed by atoms with Crippen molar-refractivity contribution in [2.24, 2.45) is 5.92 Å². The number of carbonyl (C=O) groups excluding carboxylic acids is 1. The third-order valence-corrected chi connectivity index (χ3v) is 6.88. The van der Waals surface area contributed by atoms with Crippen molar-refractivity contribution in [2.45, 2.75) is 28.8 Å². The molecule has 1 aromatic carbocycles. The zero-order chi connectivity index (χ0) is 24.5. The number of hydrogen-bond donors (Lipinski definition) is 2. The highest BCUT2D eigenvalue weighted by atomic mass is 35.6. The van der Waals surface area contributed by atoms with Gasteiger partial charge in [-0.05, 0) is 54.9 Å². The number of nitrogens with zero attached hydrogens (tertiary/aromatic N) is 2. The average molecular weight is 548 g/mol. The van der Waals surface area contributed by atoms with E-state index in [0.29, 0.717) is 30.5 Å². The maximum atomic E-state index is 13.0. The van der Waals surface area contributed by atoms with Crippen LogP contribution >= 0.6 is 47.0 Å². The number of rotatable bonds is 5. The maximum absolute atomic E-state index is 13.0. The lowest BCUT2D eigenvalue weighted by Gasteiger charge is -2.44. The Morgan fingerprint density at radius 3 is 2.59 bits per heavy atom. The number of carbonyl (C=O) groups is 1. The van der Waals surface area contributed by atoms with Crippen LogP contribution in [0.1, 0.15) is 18.0 Å². The fourth-order valence-electron chi connectivity index (χ4n) is 4.36. The Balaban J connectivity index is 1.38. The van der Waals surface area contributed by atoms with E-state index < -0.39 is 21.7 Å². The second-order valence-corrected chi connectivity index (χ2v) is 11.1. The van der Waals surface area contributed by atoms with Gasteiger partial charge in [0, 0.05) is 37.3 Å². The van der Waals surface area contributed by atoms with E-state index in [2.05, 4.69) is 10.6 Å². The normalized spacial score (nSPS) is 20.2. The molecule has 3 heterocycles. The van der Waals surface area contributed by atoms with Gasteiger partial charge in [0.25, 0.3) is 11.5 Å². The van der Waals surface area contributed by atoms with Gasteiger partial charge in [-0.1, -0.05) is 40.9 Å². The Bertz CT molecular complexity index is 1130. The van der Waals surface area contributed by atoms with Crippen LogP contribution in [0, 0.1) is 11.7 Å². The smallest absolute Gasteiger partial charge is 0.259 e. The monoisotopic (exact) mass is 546 g/mol. The number of benzene rings is 1. The van der Waals surface area contributed by atoms with Crippen molar-refractivity contribution in [3.63, 3.8) is 0 Å². The van der Waals surface area contributed by atoms with Crippen molar-refractivity contribution >= 4 is 58.0 Å². The molecule has 182 valence electrons. The molecule has 1 fully saturated rings. The number of hydrogen-bond acceptors (Lipinski definition) is 4. The lowest BCUT2D eigenvalue weighted by atomic mass is 9.83. The van der Waals surface area contributed by atoms with Gasteiger partial charge in [0.15, 0.2) is 11.7 Å². The quantitative estimate of drug-likeness (QED) is 0.340. The first-order valence-electron chi connectivity index (χ1n) is 10.6. The number of ether oxygens (including phenoxy) is 1. The van der Waals surface area contributed by atoms with E-state index in [1.807, 2.05) is 15.5 Å². The molecule has 3 atom stereocenters. The van der Waals surface area contributed by atoms with Gasteiger partial charge in [-0.25, -0.2) is 4.39 Å². The standard InChI is InChI=1S/C22H22Cl3FN4O3S/c23-22(24,25)20(27-18(31)12-33-16-6-4-15(26)5-7-16)28-21(34)29-9-13-8-14(11-29)17-2-1-3-19(32)30(17)10-13/h1-7,13-14,20H,8-12H2,(H,27,31)(H,28,34)/t13-,14-,20-/m0/s1. The molecule has 1 amide bonds. The van der Waals surface area contributed by atoms with E-state index in [1.165, 1.54) is 24.3 Å². The molecule has 0 aliphatic carbocycles. The summed E-state index contributed by atoms with van der Waals surface area (Å²) in [7, 11) is 0. The molecule has 4 rings (SSSR count). The number of likely N-dealkylation sites (tertiary alicyclic amines) is 1. The number of thiocarbonyl (C=S) groups is 1. The van der Waals surface area contributed by atoms with Crippen molar-refractivity contribution in [1.29, 1.82) is 0 Å². The van der Waals surface area contributed by atoms with E-state index in [4.69, 9.17) is 51.8 Å². The lowest BCUT2D eigenvalue weighted by Crippen LogP contribution is -2.60. The van der Waals surface area contributed by atoms with Crippen molar-refractivity contribution < 1.29 is 13.9 Å². The van der Waals surface area contributed by atoms with Gasteiger partial charge in [-0.15, -0.1) is 0 Å². The van der Waals surface area contributed by atoms with Crippen LogP contribution in [0.3, 0.4) is 0 Å². The Morgan fingerprint density at radius 2 is 1.88 bits per heavy atom. The summed E-state index contributed by atoms with van der Waals surface area (Å²) in [5.41, 5.74) is 0.989. The molecule has 2 aromatic rings. The van der Waals surface area contributed by atoms with Crippen LogP contribution in [0.2, 0.25) is 0 Å². The van der Waals surface area contributed by atoms with E-state index >= 15 is 0 Å². The summed E-state index contributed by atoms with van der Waals surface area (Å²) in [6, 6.07) is 10.6. The number of amides is 1. The minimum absolute atomic E-state index is 0.00295. The summed E-state index contributed by atoms with van der Waals surface area (Å²) in [5.74, 6) is -0.255. The number of nitrogens with one attached hydrogen (secondary N) is 2. The van der Waals surface area contributed by atoms with Gasteiger partial charge in [0.05, 0.1) is 0 Å². The molecule has 1 aromatic heterocycles. The van der Waals surface area contributed by atoms with Gasteiger partial charge < -0.3 is 24.8 Å². The molecule has 0 saturated carbocycles. The van der Waals surface area contributed by atoms with E-state index in [-0.39, 0.29) is 24.0 Å². The largest absolute Gasteiger partial charge is 0.484 e. The van der Waals surface area contributed by atoms with Crippen molar-refractivity contribution in [3.8, 4) is 5.75 Å². The number of piperidine rings is 1. The van der Waals surface area contributed by atoms with Crippen LogP contribution in [-0.2, 0) is 11.3 Å². The molecule has 2 N–H and O–H groups in total. The van der Waals surface area contributed by atoms with E-state index in [9.17, 15) is 14.0 Å². The van der Waals surface area contributed by atoms with Crippen LogP contribution in [0.25, 0.3) is 0 Å². The van der Waals surface area contributed by atoms with Gasteiger partial charge in [-0.2, -0.15) is 0 Å². The zero-order valence-corrected chi connectivity index (χ0v) is 20.9. The number of alkyl halides is 3. The molecule has 0 spiro atoms. The van der Waals surface area contributed by atoms with Crippen LogP contribution in [-0.4, -0.2) is 50.1 Å². The molecule has 7 nitrogen and oxygen atoms in total. The van der Waals surface area contributed by atoms with Gasteiger partial charge >= 0.3 is 0 Å². The molecule has 12 heteroatoms. The number of pyridine rings is 1. The second kappa shape index (κ2) is 10.3. The molecule has 0 unspecified atom stereocenters. The highest BCUT2D eigenvalue weighted by molar-refractivity contribution is 7.80. The van der Waals surface area contributed by atoms with Crippen LogP contribution in [0.4, 0.5) is 4.39 Å². The first-order chi connectivity index (χ1) is 16.1. The molecular weight excluding hydrogens is 526 g/mol. The molecule has 1 saturated heterocycles. The lowest BCUT2D eigenvalue weighted by molar-refractivity contribution is -0.123. The fourth-order valence-corrected chi connectivity index (χ4v) is 4.95. The first-order valence-corrected chi connectivity index (χ1v) is 12.1. The summed E-state index contributed by atoms with van der Waals surface area (Å²) in [4.78, 5) is 26.6. The van der Waals surface area contributed by atoms with E-state index in [0.717, 1.165) is 12.1 Å². The van der Waals surface area contributed by atoms with Gasteiger partial charge in [0.1, 0.15) is 17.7 Å². The fraction of sp³-hybridized carbons (Fsp3) is 0.409. The second-order valence-electron chi connectivity index (χ2n) is 8.34. The average Bonchev–Trinajstić information content (AvgIpc) is 2.78. The molecule has 2 aliphatic rings. The summed E-state index contributed by atoms with van der Waals surface area (Å²) in [6.07, 6.45) is -0.153. The Kier molecular flexibility index (Phi) is 7.57. The molecule has 0 radical (unpaired) electrons. The summed E-state index contributed by atoms with van der Waals surface area (Å²) in [5, 5.41) is 5.85. The SMILES string of the molecule is O=C(COc1ccc(F)cc1)N[C@@H](NC(=S)N1C[C@@H]2C[C@@H](C1)c1cccc(=O)n1C2)C(Cl)(Cl)Cl. The summed E-state index contributed by atoms with van der Waals surface area (Å²) in [6.45, 7) is 1.49. The van der Waals surface area contributed by atoms with Crippen LogP contribution < -0.4 is 20.9 Å². The minimum atomic E-state index is -1.90. The summed E-state index contributed by atoms with van der Waals surface area (Å²) < 4.78 is 18.3. The van der Waals surface area contributed by atoms with Gasteiger partial charge in [0.2, 0.25) is 3.79 Å². The highest BCUT2D eigenvalue weighted by Gasteiger charge is 2.38. The first kappa shape index (κ1) is 25.0. The molecular formula is C22H22Cl3FN4O3S. The predicted octanol–water partition coefficient (Wildman–Crippen LogP) is 3.17. The molecule has 34 heavy (non-hydrogen) atoms. The Labute approximate surface area is 216 Å². The number of aromatic nitrogens is 1. The third-order valence-electron chi connectivity index (χ3n) is 5.85. The van der Waals surface area contributed by atoms with Crippen molar-refractivity contribution in [3.05, 3.63) is 64.3 Å². The van der Waals surface area contributed by atoms with E-state index in [1.54, 1.807) is 12.1 Å². The Hall–Kier alpha value is -2.07. The third kappa shape index (κ3) is 5.94. The number of halogens is 4. The summed E-state index contributed by atoms with van der Waals surface area (Å²) >= 11 is 23.9. The maximum Gasteiger partial charge on any atom is 0.259 e. The predicted molar refractivity (Wildman–Crippen MR) is 133 cm³/mol. The van der Waals surface area contributed by atoms with Crippen LogP contribution in [0.5, 0.6) is 5.75 Å². The van der Waals surface area contributed by atoms with Crippen LogP contribution in [0.15, 0.2) is 47.3 Å². The zero-order valence-electron chi connectivity index (χ0n) is 17.8. The van der Waals surface area contributed by atoms with Crippen molar-refractivity contribution in [2.75, 3.05) is 19.7 Å². The van der Waals surface area contributed by atoms with Gasteiger partial charge in [-0.3, -0.25) is 9.59 Å². The molecule has 2 bridgehead atoms. The highest BCUT2D eigenvalue weighted by Crippen LogP contribution is 2.35. The Morgan fingerprint density at radius 1 is 1.15 bits per heavy atom. The van der Waals surface area contributed by atoms with Crippen molar-refractivity contribution in [1.82, 2.24) is 20.1 Å². The number of fused-ring (bicyclic) bond motifs is 4.